The van der Waals surface area contributed by atoms with Gasteiger partial charge in [0, 0.05) is 26.3 Å². The third kappa shape index (κ3) is 6.68. The van der Waals surface area contributed by atoms with Crippen LogP contribution in [0.25, 0.3) is 0 Å². The molecule has 0 saturated carbocycles. The zero-order valence-electron chi connectivity index (χ0n) is 12.4. The fourth-order valence-corrected chi connectivity index (χ4v) is 1.92. The molecule has 0 aliphatic rings. The van der Waals surface area contributed by atoms with Crippen molar-refractivity contribution >= 4 is 5.91 Å². The molecule has 4 nitrogen and oxygen atoms in total. The maximum atomic E-state index is 11.8. The lowest BCUT2D eigenvalue weighted by Gasteiger charge is -2.08. The zero-order chi connectivity index (χ0) is 14.6. The van der Waals surface area contributed by atoms with Crippen molar-refractivity contribution in [2.45, 2.75) is 39.2 Å². The van der Waals surface area contributed by atoms with Crippen molar-refractivity contribution in [1.82, 2.24) is 5.32 Å². The second kappa shape index (κ2) is 10.4. The number of carbonyl (C=O) groups excluding carboxylic acids is 1. The quantitative estimate of drug-likeness (QED) is 0.643. The first-order valence-electron chi connectivity index (χ1n) is 7.39. The Balaban J connectivity index is 2.17. The van der Waals surface area contributed by atoms with E-state index in [0.29, 0.717) is 26.1 Å². The number of benzene rings is 1. The number of carbonyl (C=O) groups is 1. The van der Waals surface area contributed by atoms with Crippen molar-refractivity contribution in [2.24, 2.45) is 5.73 Å². The molecule has 0 atom stereocenters. The molecule has 20 heavy (non-hydrogen) atoms. The Hall–Kier alpha value is -1.39. The van der Waals surface area contributed by atoms with Gasteiger partial charge in [-0.25, -0.2) is 0 Å². The Labute approximate surface area is 121 Å². The second-order valence-corrected chi connectivity index (χ2v) is 4.82. The standard InChI is InChI=1S/C16H26N2O2/c1-2-3-10-20-11-6-9-18-16(19)12-14-7-4-5-8-15(14)13-17/h4-5,7-8H,2-3,6,9-13,17H2,1H3,(H,18,19). The Kier molecular flexibility index (Phi) is 8.67. The Morgan fingerprint density at radius 3 is 2.60 bits per heavy atom. The van der Waals surface area contributed by atoms with E-state index in [0.717, 1.165) is 37.0 Å². The molecule has 0 saturated heterocycles. The molecule has 4 heteroatoms. The Bertz CT molecular complexity index is 394. The summed E-state index contributed by atoms with van der Waals surface area (Å²) in [6.07, 6.45) is 3.50. The number of ether oxygens (including phenoxy) is 1. The maximum Gasteiger partial charge on any atom is 0.224 e. The van der Waals surface area contributed by atoms with Gasteiger partial charge >= 0.3 is 0 Å². The summed E-state index contributed by atoms with van der Waals surface area (Å²) in [5, 5.41) is 2.91. The molecule has 0 aliphatic heterocycles. The molecule has 1 amide bonds. The van der Waals surface area contributed by atoms with E-state index in [1.807, 2.05) is 24.3 Å². The molecule has 0 unspecified atom stereocenters. The van der Waals surface area contributed by atoms with Crippen LogP contribution in [0.15, 0.2) is 24.3 Å². The predicted octanol–water partition coefficient (Wildman–Crippen LogP) is 2.01. The highest BCUT2D eigenvalue weighted by molar-refractivity contribution is 5.78. The number of hydrogen-bond acceptors (Lipinski definition) is 3. The summed E-state index contributed by atoms with van der Waals surface area (Å²) in [6, 6.07) is 7.79. The lowest BCUT2D eigenvalue weighted by Crippen LogP contribution is -2.27. The van der Waals surface area contributed by atoms with Gasteiger partial charge in [-0.1, -0.05) is 37.6 Å². The molecular weight excluding hydrogens is 252 g/mol. The average Bonchev–Trinajstić information content (AvgIpc) is 2.47. The van der Waals surface area contributed by atoms with Crippen LogP contribution >= 0.6 is 0 Å². The highest BCUT2D eigenvalue weighted by atomic mass is 16.5. The SMILES string of the molecule is CCCCOCCCNC(=O)Cc1ccccc1CN. The summed E-state index contributed by atoms with van der Waals surface area (Å²) >= 11 is 0. The lowest BCUT2D eigenvalue weighted by molar-refractivity contribution is -0.120. The molecule has 0 heterocycles. The molecule has 3 N–H and O–H groups in total. The van der Waals surface area contributed by atoms with Crippen molar-refractivity contribution in [3.8, 4) is 0 Å². The van der Waals surface area contributed by atoms with Crippen LogP contribution in [0.2, 0.25) is 0 Å². The van der Waals surface area contributed by atoms with Crippen molar-refractivity contribution < 1.29 is 9.53 Å². The smallest absolute Gasteiger partial charge is 0.224 e. The van der Waals surface area contributed by atoms with Crippen LogP contribution in [-0.2, 0) is 22.5 Å². The van der Waals surface area contributed by atoms with Crippen LogP contribution in [0, 0.1) is 0 Å². The molecule has 1 aromatic carbocycles. The Morgan fingerprint density at radius 2 is 1.90 bits per heavy atom. The summed E-state index contributed by atoms with van der Waals surface area (Å²) < 4.78 is 5.44. The summed E-state index contributed by atoms with van der Waals surface area (Å²) in [5.74, 6) is 0.0412. The number of nitrogens with two attached hydrogens (primary N) is 1. The molecule has 0 aromatic heterocycles. The molecule has 0 radical (unpaired) electrons. The number of amides is 1. The van der Waals surface area contributed by atoms with Crippen LogP contribution < -0.4 is 11.1 Å². The van der Waals surface area contributed by atoms with Gasteiger partial charge in [-0.05, 0) is 24.0 Å². The van der Waals surface area contributed by atoms with Crippen LogP contribution in [0.3, 0.4) is 0 Å². The average molecular weight is 278 g/mol. The van der Waals surface area contributed by atoms with Gasteiger partial charge in [-0.3, -0.25) is 4.79 Å². The maximum absolute atomic E-state index is 11.8. The minimum absolute atomic E-state index is 0.0412. The molecule has 112 valence electrons. The first-order valence-corrected chi connectivity index (χ1v) is 7.39. The van der Waals surface area contributed by atoms with Crippen LogP contribution in [0.1, 0.15) is 37.3 Å². The largest absolute Gasteiger partial charge is 0.381 e. The van der Waals surface area contributed by atoms with Gasteiger partial charge in [0.25, 0.3) is 0 Å². The summed E-state index contributed by atoms with van der Waals surface area (Å²) in [7, 11) is 0. The first-order chi connectivity index (χ1) is 9.77. The molecule has 0 aliphatic carbocycles. The number of nitrogens with one attached hydrogen (secondary N) is 1. The topological polar surface area (TPSA) is 64.3 Å². The van der Waals surface area contributed by atoms with E-state index in [1.54, 1.807) is 0 Å². The van der Waals surface area contributed by atoms with E-state index in [9.17, 15) is 4.79 Å². The summed E-state index contributed by atoms with van der Waals surface area (Å²) in [4.78, 5) is 11.8. The molecule has 0 bridgehead atoms. The van der Waals surface area contributed by atoms with Gasteiger partial charge in [0.1, 0.15) is 0 Å². The van der Waals surface area contributed by atoms with E-state index >= 15 is 0 Å². The van der Waals surface area contributed by atoms with Gasteiger partial charge in [0.2, 0.25) is 5.91 Å². The van der Waals surface area contributed by atoms with E-state index < -0.39 is 0 Å². The monoisotopic (exact) mass is 278 g/mol. The van der Waals surface area contributed by atoms with E-state index in [1.165, 1.54) is 0 Å². The van der Waals surface area contributed by atoms with Gasteiger partial charge in [0.05, 0.1) is 6.42 Å². The first kappa shape index (κ1) is 16.7. The van der Waals surface area contributed by atoms with Crippen LogP contribution in [0.4, 0.5) is 0 Å². The number of hydrogen-bond donors (Lipinski definition) is 2. The summed E-state index contributed by atoms with van der Waals surface area (Å²) in [5.41, 5.74) is 7.70. The summed E-state index contributed by atoms with van der Waals surface area (Å²) in [6.45, 7) is 4.79. The minimum atomic E-state index is 0.0412. The molecule has 0 spiro atoms. The highest BCUT2D eigenvalue weighted by Crippen LogP contribution is 2.08. The van der Waals surface area contributed by atoms with E-state index in [4.69, 9.17) is 10.5 Å². The third-order valence-corrected chi connectivity index (χ3v) is 3.12. The Morgan fingerprint density at radius 1 is 1.20 bits per heavy atom. The molecule has 1 aromatic rings. The van der Waals surface area contributed by atoms with Crippen molar-refractivity contribution in [2.75, 3.05) is 19.8 Å². The molecular formula is C16H26N2O2. The van der Waals surface area contributed by atoms with Gasteiger partial charge in [-0.2, -0.15) is 0 Å². The molecule has 0 fully saturated rings. The van der Waals surface area contributed by atoms with Crippen LogP contribution in [0.5, 0.6) is 0 Å². The molecule has 1 rings (SSSR count). The highest BCUT2D eigenvalue weighted by Gasteiger charge is 2.06. The van der Waals surface area contributed by atoms with Crippen molar-refractivity contribution in [3.63, 3.8) is 0 Å². The minimum Gasteiger partial charge on any atom is -0.381 e. The van der Waals surface area contributed by atoms with E-state index in [-0.39, 0.29) is 5.91 Å². The van der Waals surface area contributed by atoms with Crippen LogP contribution in [-0.4, -0.2) is 25.7 Å². The van der Waals surface area contributed by atoms with Gasteiger partial charge in [0.15, 0.2) is 0 Å². The van der Waals surface area contributed by atoms with E-state index in [2.05, 4.69) is 12.2 Å². The fourth-order valence-electron chi connectivity index (χ4n) is 1.92. The zero-order valence-corrected chi connectivity index (χ0v) is 12.4. The normalized spacial score (nSPS) is 10.5. The van der Waals surface area contributed by atoms with Crippen molar-refractivity contribution in [3.05, 3.63) is 35.4 Å². The lowest BCUT2D eigenvalue weighted by atomic mass is 10.0. The van der Waals surface area contributed by atoms with Crippen molar-refractivity contribution in [1.29, 1.82) is 0 Å². The number of rotatable bonds is 10. The third-order valence-electron chi connectivity index (χ3n) is 3.12. The van der Waals surface area contributed by atoms with Gasteiger partial charge in [-0.15, -0.1) is 0 Å². The number of unbranched alkanes of at least 4 members (excludes halogenated alkanes) is 1. The van der Waals surface area contributed by atoms with Gasteiger partial charge < -0.3 is 15.8 Å². The predicted molar refractivity (Wildman–Crippen MR) is 81.4 cm³/mol. The second-order valence-electron chi connectivity index (χ2n) is 4.82. The fraction of sp³-hybridized carbons (Fsp3) is 0.562.